The monoisotopic (exact) mass is 620 g/mol. The van der Waals surface area contributed by atoms with Gasteiger partial charge in [-0.2, -0.15) is 12.8 Å². The Balaban J connectivity index is 1.88. The first-order valence-electron chi connectivity index (χ1n) is 15.5. The van der Waals surface area contributed by atoms with E-state index in [0.29, 0.717) is 17.9 Å². The maximum Gasteiger partial charge on any atom is 0.286 e. The van der Waals surface area contributed by atoms with Crippen molar-refractivity contribution >= 4 is 27.2 Å². The topological polar surface area (TPSA) is 134 Å². The summed E-state index contributed by atoms with van der Waals surface area (Å²) >= 11 is 0. The van der Waals surface area contributed by atoms with Gasteiger partial charge in [-0.1, -0.05) is 90.4 Å². The molecule has 0 saturated heterocycles. The first-order valence-corrected chi connectivity index (χ1v) is 17.0. The maximum atomic E-state index is 13.2. The number of unbranched alkanes of at least 4 members (excludes halogenated alkanes) is 13. The van der Waals surface area contributed by atoms with Crippen LogP contribution >= 0.6 is 0 Å². The largest absolute Gasteiger partial charge is 0.493 e. The van der Waals surface area contributed by atoms with Crippen LogP contribution in [-0.2, 0) is 24.3 Å². The van der Waals surface area contributed by atoms with E-state index in [4.69, 9.17) is 14.2 Å². The number of ether oxygens (including phenoxy) is 3. The molecule has 1 aliphatic rings. The van der Waals surface area contributed by atoms with Gasteiger partial charge in [0.05, 0.1) is 18.1 Å². The Kier molecular flexibility index (Phi) is 16.8. The van der Waals surface area contributed by atoms with Gasteiger partial charge in [-0.3, -0.25) is 14.9 Å². The number of ketones is 1. The van der Waals surface area contributed by atoms with Crippen molar-refractivity contribution in [3.05, 3.63) is 51.8 Å². The second kappa shape index (κ2) is 20.0. The zero-order chi connectivity index (χ0) is 31.5. The number of carbonyl (C=O) groups is 1. The van der Waals surface area contributed by atoms with Gasteiger partial charge in [-0.25, -0.2) is 0 Å². The van der Waals surface area contributed by atoms with E-state index >= 15 is 0 Å². The lowest BCUT2D eigenvalue weighted by molar-refractivity contribution is -0.385. The number of nitro groups is 1. The van der Waals surface area contributed by atoms with E-state index in [9.17, 15) is 23.3 Å². The van der Waals surface area contributed by atoms with Crippen molar-refractivity contribution in [3.8, 4) is 5.75 Å². The third-order valence-corrected chi connectivity index (χ3v) is 8.50. The molecular weight excluding hydrogens is 572 g/mol. The Bertz CT molecular complexity index is 1240. The van der Waals surface area contributed by atoms with Crippen molar-refractivity contribution in [1.82, 2.24) is 0 Å². The van der Waals surface area contributed by atoms with Crippen LogP contribution in [0.5, 0.6) is 5.75 Å². The Morgan fingerprint density at radius 1 is 0.814 bits per heavy atom. The average Bonchev–Trinajstić information content (AvgIpc) is 2.97. The van der Waals surface area contributed by atoms with Crippen LogP contribution < -0.4 is 4.74 Å². The third-order valence-electron chi connectivity index (χ3n) is 7.19. The van der Waals surface area contributed by atoms with Crippen LogP contribution in [0.2, 0.25) is 0 Å². The highest BCUT2D eigenvalue weighted by Crippen LogP contribution is 2.30. The number of sulfonamides is 1. The van der Waals surface area contributed by atoms with Gasteiger partial charge in [0.2, 0.25) is 5.78 Å². The minimum absolute atomic E-state index is 0.0193. The summed E-state index contributed by atoms with van der Waals surface area (Å²) in [5.41, 5.74) is -0.210. The summed E-state index contributed by atoms with van der Waals surface area (Å²) in [5.74, 6) is -0.351. The summed E-state index contributed by atoms with van der Waals surface area (Å²) in [6.45, 7) is 4.59. The molecule has 0 aromatic heterocycles. The summed E-state index contributed by atoms with van der Waals surface area (Å²) in [5, 5.41) is 11.3. The Morgan fingerprint density at radius 3 is 1.95 bits per heavy atom. The Hall–Kier alpha value is -3.05. The molecule has 1 aromatic carbocycles. The molecule has 10 nitrogen and oxygen atoms in total. The number of nitrogens with zero attached hydrogens (tertiary/aromatic N) is 2. The standard InChI is InChI=1S/C32H48N2O8S/c1-4-5-6-7-8-9-10-11-12-13-14-15-16-17-20-41-31-25-28(29(35)23-26(31)2)33-43(38,39)32-24-27(34(36)37)18-19-30(32)42-22-21-40-3/h18-19,23-25H,4-17,20-22H2,1-3H3. The van der Waals surface area contributed by atoms with Crippen molar-refractivity contribution in [2.75, 3.05) is 26.9 Å². The highest BCUT2D eigenvalue weighted by atomic mass is 32.2. The first kappa shape index (κ1) is 36.1. The molecule has 0 bridgehead atoms. The highest BCUT2D eigenvalue weighted by molar-refractivity contribution is 7.90. The molecule has 0 atom stereocenters. The number of benzene rings is 1. The first-order chi connectivity index (χ1) is 20.7. The molecule has 0 heterocycles. The molecule has 0 radical (unpaired) electrons. The summed E-state index contributed by atoms with van der Waals surface area (Å²) in [7, 11) is -3.08. The van der Waals surface area contributed by atoms with E-state index in [-0.39, 0.29) is 24.7 Å². The molecule has 0 spiro atoms. The van der Waals surface area contributed by atoms with Crippen LogP contribution in [0.15, 0.2) is 51.0 Å². The number of hydrogen-bond acceptors (Lipinski definition) is 8. The van der Waals surface area contributed by atoms with Crippen LogP contribution in [0, 0.1) is 10.1 Å². The molecule has 2 rings (SSSR count). The van der Waals surface area contributed by atoms with Gasteiger partial charge < -0.3 is 14.2 Å². The van der Waals surface area contributed by atoms with Crippen molar-refractivity contribution in [2.24, 2.45) is 4.40 Å². The molecule has 0 aliphatic heterocycles. The SMILES string of the molecule is CCCCCCCCCCCCCCCCOC1=CC(=NS(=O)(=O)c2cc([N+](=O)[O-])ccc2OCCOC)C(=O)C=C1C. The molecule has 0 N–H and O–H groups in total. The molecule has 43 heavy (non-hydrogen) atoms. The smallest absolute Gasteiger partial charge is 0.286 e. The minimum atomic E-state index is -4.54. The van der Waals surface area contributed by atoms with Crippen molar-refractivity contribution < 1.29 is 32.3 Å². The van der Waals surface area contributed by atoms with Crippen LogP contribution in [0.3, 0.4) is 0 Å². The predicted molar refractivity (Wildman–Crippen MR) is 168 cm³/mol. The van der Waals surface area contributed by atoms with Gasteiger partial charge in [0.25, 0.3) is 15.7 Å². The molecule has 1 aliphatic carbocycles. The van der Waals surface area contributed by atoms with Crippen LogP contribution in [0.4, 0.5) is 5.69 Å². The number of non-ortho nitro benzene ring substituents is 1. The van der Waals surface area contributed by atoms with E-state index in [1.54, 1.807) is 6.92 Å². The summed E-state index contributed by atoms with van der Waals surface area (Å²) in [6, 6.07) is 3.19. The number of allylic oxidation sites excluding steroid dienone is 3. The zero-order valence-electron chi connectivity index (χ0n) is 26.0. The number of nitro benzene ring substituents is 1. The molecule has 0 amide bonds. The van der Waals surface area contributed by atoms with E-state index in [0.717, 1.165) is 31.4 Å². The molecular formula is C32H48N2O8S. The van der Waals surface area contributed by atoms with Gasteiger partial charge >= 0.3 is 0 Å². The maximum absolute atomic E-state index is 13.2. The highest BCUT2D eigenvalue weighted by Gasteiger charge is 2.26. The third kappa shape index (κ3) is 13.4. The Labute approximate surface area is 256 Å². The summed E-state index contributed by atoms with van der Waals surface area (Å²) < 4.78 is 46.4. The van der Waals surface area contributed by atoms with Crippen LogP contribution in [-0.4, -0.2) is 51.8 Å². The zero-order valence-corrected chi connectivity index (χ0v) is 26.8. The fraction of sp³-hybridized carbons (Fsp3) is 0.625. The average molecular weight is 621 g/mol. The fourth-order valence-corrected chi connectivity index (χ4v) is 5.85. The van der Waals surface area contributed by atoms with Crippen LogP contribution in [0.25, 0.3) is 0 Å². The summed E-state index contributed by atoms with van der Waals surface area (Å²) in [4.78, 5) is 22.7. The summed E-state index contributed by atoms with van der Waals surface area (Å²) in [6.07, 6.45) is 20.1. The van der Waals surface area contributed by atoms with Gasteiger partial charge in [-0.15, -0.1) is 0 Å². The lowest BCUT2D eigenvalue weighted by Crippen LogP contribution is -2.18. The van der Waals surface area contributed by atoms with Crippen molar-refractivity contribution in [2.45, 2.75) is 109 Å². The van der Waals surface area contributed by atoms with E-state index < -0.39 is 31.3 Å². The van der Waals surface area contributed by atoms with E-state index in [1.165, 1.54) is 96.0 Å². The number of methoxy groups -OCH3 is 1. The normalized spacial score (nSPS) is 14.5. The quantitative estimate of drug-likeness (QED) is 0.0527. The number of hydrogen-bond donors (Lipinski definition) is 0. The van der Waals surface area contributed by atoms with Gasteiger partial charge in [-0.05, 0) is 31.1 Å². The molecule has 0 fully saturated rings. The molecule has 1 aromatic rings. The van der Waals surface area contributed by atoms with Crippen molar-refractivity contribution in [3.63, 3.8) is 0 Å². The minimum Gasteiger partial charge on any atom is -0.493 e. The number of rotatable bonds is 23. The Morgan fingerprint density at radius 2 is 1.40 bits per heavy atom. The molecule has 240 valence electrons. The fourth-order valence-electron chi connectivity index (χ4n) is 4.70. The van der Waals surface area contributed by atoms with E-state index in [1.807, 2.05) is 0 Å². The van der Waals surface area contributed by atoms with Crippen LogP contribution in [0.1, 0.15) is 104 Å². The van der Waals surface area contributed by atoms with Gasteiger partial charge in [0.1, 0.15) is 28.7 Å². The molecule has 0 unspecified atom stereocenters. The van der Waals surface area contributed by atoms with Crippen molar-refractivity contribution in [1.29, 1.82) is 0 Å². The predicted octanol–water partition coefficient (Wildman–Crippen LogP) is 7.66. The van der Waals surface area contributed by atoms with Gasteiger partial charge in [0, 0.05) is 25.3 Å². The van der Waals surface area contributed by atoms with Gasteiger partial charge in [0.15, 0.2) is 0 Å². The molecule has 11 heteroatoms. The second-order valence-electron chi connectivity index (χ2n) is 10.8. The second-order valence-corrected chi connectivity index (χ2v) is 12.4. The van der Waals surface area contributed by atoms with E-state index in [2.05, 4.69) is 11.3 Å². The number of carbonyl (C=O) groups excluding carboxylic acids is 1. The lowest BCUT2D eigenvalue weighted by atomic mass is 10.0. The lowest BCUT2D eigenvalue weighted by Gasteiger charge is -2.15. The molecule has 0 saturated carbocycles.